The lowest BCUT2D eigenvalue weighted by Gasteiger charge is -2.30. The highest BCUT2D eigenvalue weighted by atomic mass is 16.5. The van der Waals surface area contributed by atoms with Crippen molar-refractivity contribution >= 4 is 5.91 Å². The predicted molar refractivity (Wildman–Crippen MR) is 117 cm³/mol. The summed E-state index contributed by atoms with van der Waals surface area (Å²) in [6.45, 7) is 3.51. The van der Waals surface area contributed by atoms with Gasteiger partial charge >= 0.3 is 0 Å². The van der Waals surface area contributed by atoms with Crippen LogP contribution >= 0.6 is 0 Å². The average molecular weight is 423 g/mol. The molecule has 0 unspecified atom stereocenters. The van der Waals surface area contributed by atoms with Gasteiger partial charge in [0.1, 0.15) is 17.2 Å². The molecule has 0 bridgehead atoms. The molecule has 4 rings (SSSR count). The number of ether oxygens (including phenoxy) is 1. The molecule has 7 heteroatoms. The Morgan fingerprint density at radius 2 is 2.16 bits per heavy atom. The van der Waals surface area contributed by atoms with Crippen LogP contribution in [-0.2, 0) is 12.8 Å². The number of carbonyl (C=O) groups excluding carboxylic acids is 1. The van der Waals surface area contributed by atoms with Crippen LogP contribution in [0.5, 0.6) is 5.75 Å². The Kier molecular flexibility index (Phi) is 6.70. The Morgan fingerprint density at radius 3 is 2.94 bits per heavy atom. The van der Waals surface area contributed by atoms with Crippen molar-refractivity contribution in [3.05, 3.63) is 65.1 Å². The number of aromatic nitrogens is 3. The molecular weight excluding hydrogens is 392 g/mol. The van der Waals surface area contributed by atoms with E-state index >= 15 is 0 Å². The van der Waals surface area contributed by atoms with E-state index in [1.54, 1.807) is 13.3 Å². The number of rotatable bonds is 8. The van der Waals surface area contributed by atoms with Gasteiger partial charge in [-0.25, -0.2) is 4.98 Å². The van der Waals surface area contributed by atoms with Crippen molar-refractivity contribution in [2.24, 2.45) is 0 Å². The van der Waals surface area contributed by atoms with Gasteiger partial charge in [0.2, 0.25) is 0 Å². The summed E-state index contributed by atoms with van der Waals surface area (Å²) >= 11 is 0. The van der Waals surface area contributed by atoms with Crippen molar-refractivity contribution in [2.75, 3.05) is 20.2 Å². The van der Waals surface area contributed by atoms with E-state index in [9.17, 15) is 4.79 Å². The third kappa shape index (κ3) is 5.16. The topological polar surface area (TPSA) is 84.2 Å². The number of aryl methyl sites for hydroxylation is 1. The molecule has 2 aromatic heterocycles. The first-order chi connectivity index (χ1) is 15.2. The van der Waals surface area contributed by atoms with Gasteiger partial charge in [-0.2, -0.15) is 5.10 Å². The minimum Gasteiger partial charge on any atom is -0.497 e. The Morgan fingerprint density at radius 1 is 1.32 bits per heavy atom. The van der Waals surface area contributed by atoms with Crippen molar-refractivity contribution in [1.82, 2.24) is 20.1 Å². The van der Waals surface area contributed by atoms with Crippen molar-refractivity contribution < 1.29 is 13.9 Å². The van der Waals surface area contributed by atoms with Crippen LogP contribution in [0.4, 0.5) is 0 Å². The minimum atomic E-state index is -0.0197. The second-order valence-corrected chi connectivity index (χ2v) is 8.16. The maximum absolute atomic E-state index is 12.9. The molecule has 31 heavy (non-hydrogen) atoms. The molecule has 1 N–H and O–H groups in total. The smallest absolute Gasteiger partial charge is 0.274 e. The first-order valence-corrected chi connectivity index (χ1v) is 11.1. The Bertz CT molecular complexity index is 992. The molecule has 1 aromatic carbocycles. The first kappa shape index (κ1) is 21.2. The van der Waals surface area contributed by atoms with Gasteiger partial charge in [-0.15, -0.1) is 0 Å². The number of methoxy groups -OCH3 is 1. The van der Waals surface area contributed by atoms with E-state index in [1.165, 1.54) is 0 Å². The molecule has 7 nitrogen and oxygen atoms in total. The number of nitrogens with one attached hydrogen (secondary N) is 1. The van der Waals surface area contributed by atoms with E-state index in [-0.39, 0.29) is 11.8 Å². The third-order valence-electron chi connectivity index (χ3n) is 5.82. The highest BCUT2D eigenvalue weighted by Crippen LogP contribution is 2.28. The fourth-order valence-electron chi connectivity index (χ4n) is 4.03. The zero-order valence-electron chi connectivity index (χ0n) is 18.3. The molecular formula is C24H30N4O3. The lowest BCUT2D eigenvalue weighted by Crippen LogP contribution is -2.39. The molecule has 1 atom stereocenters. The maximum Gasteiger partial charge on any atom is 0.274 e. The summed E-state index contributed by atoms with van der Waals surface area (Å²) in [7, 11) is 1.66. The first-order valence-electron chi connectivity index (χ1n) is 11.1. The van der Waals surface area contributed by atoms with Crippen LogP contribution in [0.1, 0.15) is 71.9 Å². The summed E-state index contributed by atoms with van der Waals surface area (Å²) in [4.78, 5) is 19.3. The second-order valence-electron chi connectivity index (χ2n) is 8.16. The van der Waals surface area contributed by atoms with Crippen molar-refractivity contribution in [3.8, 4) is 5.75 Å². The van der Waals surface area contributed by atoms with Crippen LogP contribution in [0.3, 0.4) is 0 Å². The molecule has 1 aliphatic heterocycles. The Balaban J connectivity index is 1.38. The Labute approximate surface area is 182 Å². The van der Waals surface area contributed by atoms with Crippen molar-refractivity contribution in [2.45, 2.75) is 51.4 Å². The van der Waals surface area contributed by atoms with Gasteiger partial charge in [-0.05, 0) is 49.4 Å². The largest absolute Gasteiger partial charge is 0.497 e. The number of likely N-dealkylation sites (tertiary alicyclic amines) is 1. The number of amides is 1. The molecule has 0 spiro atoms. The summed E-state index contributed by atoms with van der Waals surface area (Å²) in [6.07, 6.45) is 7.51. The lowest BCUT2D eigenvalue weighted by molar-refractivity contribution is 0.0692. The van der Waals surface area contributed by atoms with Gasteiger partial charge in [0, 0.05) is 25.2 Å². The predicted octanol–water partition coefficient (Wildman–Crippen LogP) is 4.36. The highest BCUT2D eigenvalue weighted by molar-refractivity contribution is 5.92. The van der Waals surface area contributed by atoms with Gasteiger partial charge in [0.15, 0.2) is 5.89 Å². The van der Waals surface area contributed by atoms with E-state index in [0.29, 0.717) is 24.6 Å². The monoisotopic (exact) mass is 422 g/mol. The van der Waals surface area contributed by atoms with E-state index in [0.717, 1.165) is 61.4 Å². The molecule has 0 radical (unpaired) electrons. The Hall–Kier alpha value is -3.09. The van der Waals surface area contributed by atoms with Gasteiger partial charge in [-0.1, -0.05) is 25.5 Å². The van der Waals surface area contributed by atoms with E-state index in [2.05, 4.69) is 22.1 Å². The third-order valence-corrected chi connectivity index (χ3v) is 5.82. The van der Waals surface area contributed by atoms with Crippen LogP contribution in [-0.4, -0.2) is 46.2 Å². The SMILES string of the molecule is CCCCc1cc(C(=O)N2CCC[C@@H](c3ncc(Cc4ccc(OC)cc4)o3)C2)n[nH]1. The molecule has 1 fully saturated rings. The number of piperidine rings is 1. The number of hydrogen-bond acceptors (Lipinski definition) is 5. The summed E-state index contributed by atoms with van der Waals surface area (Å²) in [5.41, 5.74) is 2.66. The summed E-state index contributed by atoms with van der Waals surface area (Å²) in [6, 6.07) is 9.83. The molecule has 0 saturated carbocycles. The molecule has 3 heterocycles. The number of unbranched alkanes of at least 4 members (excludes halogenated alkanes) is 1. The molecule has 1 saturated heterocycles. The molecule has 1 aliphatic rings. The second kappa shape index (κ2) is 9.81. The number of H-pyrrole nitrogens is 1. The fourth-order valence-corrected chi connectivity index (χ4v) is 4.03. The standard InChI is InChI=1S/C24H30N4O3/c1-3-4-7-19-14-22(27-26-19)24(29)28-12-5-6-18(16-28)23-25-15-21(31-23)13-17-8-10-20(30-2)11-9-17/h8-11,14-15,18H,3-7,12-13,16H2,1-2H3,(H,26,27)/t18-/m1/s1. The normalized spacial score (nSPS) is 16.5. The fraction of sp³-hybridized carbons (Fsp3) is 0.458. The molecule has 0 aliphatic carbocycles. The van der Waals surface area contributed by atoms with Gasteiger partial charge in [-0.3, -0.25) is 9.89 Å². The van der Waals surface area contributed by atoms with Crippen molar-refractivity contribution in [3.63, 3.8) is 0 Å². The maximum atomic E-state index is 12.9. The number of nitrogens with zero attached hydrogens (tertiary/aromatic N) is 3. The lowest BCUT2D eigenvalue weighted by atomic mass is 9.97. The summed E-state index contributed by atoms with van der Waals surface area (Å²) < 4.78 is 11.3. The zero-order valence-corrected chi connectivity index (χ0v) is 18.3. The molecule has 164 valence electrons. The zero-order chi connectivity index (χ0) is 21.6. The number of carbonyl (C=O) groups is 1. The van der Waals surface area contributed by atoms with E-state index < -0.39 is 0 Å². The molecule has 1 amide bonds. The van der Waals surface area contributed by atoms with Gasteiger partial charge in [0.05, 0.1) is 19.2 Å². The number of hydrogen-bond donors (Lipinski definition) is 1. The van der Waals surface area contributed by atoms with Crippen molar-refractivity contribution in [1.29, 1.82) is 0 Å². The highest BCUT2D eigenvalue weighted by Gasteiger charge is 2.29. The van der Waals surface area contributed by atoms with Crippen LogP contribution in [0.2, 0.25) is 0 Å². The molecule has 3 aromatic rings. The minimum absolute atomic E-state index is 0.0197. The van der Waals surface area contributed by atoms with Crippen LogP contribution < -0.4 is 4.74 Å². The summed E-state index contributed by atoms with van der Waals surface area (Å²) in [5, 5.41) is 7.24. The quantitative estimate of drug-likeness (QED) is 0.583. The number of benzene rings is 1. The summed E-state index contributed by atoms with van der Waals surface area (Å²) in [5.74, 6) is 2.47. The van der Waals surface area contributed by atoms with Crippen LogP contribution in [0.15, 0.2) is 40.9 Å². The number of aromatic amines is 1. The van der Waals surface area contributed by atoms with Crippen LogP contribution in [0, 0.1) is 0 Å². The van der Waals surface area contributed by atoms with Gasteiger partial charge < -0.3 is 14.1 Å². The average Bonchev–Trinajstić information content (AvgIpc) is 3.48. The number of oxazole rings is 1. The van der Waals surface area contributed by atoms with Crippen LogP contribution in [0.25, 0.3) is 0 Å². The van der Waals surface area contributed by atoms with E-state index in [1.807, 2.05) is 35.2 Å². The van der Waals surface area contributed by atoms with Gasteiger partial charge in [0.25, 0.3) is 5.91 Å². The van der Waals surface area contributed by atoms with E-state index in [4.69, 9.17) is 9.15 Å².